The summed E-state index contributed by atoms with van der Waals surface area (Å²) < 4.78 is 1.01. The summed E-state index contributed by atoms with van der Waals surface area (Å²) in [6.07, 6.45) is 5.52. The number of fused-ring (bicyclic) bond motifs is 2. The minimum absolute atomic E-state index is 0.0604. The number of amides is 1. The number of carbonyl (C=O) groups excluding carboxylic acids is 1. The van der Waals surface area contributed by atoms with Crippen molar-refractivity contribution in [2.24, 2.45) is 17.8 Å². The van der Waals surface area contributed by atoms with Gasteiger partial charge in [0.05, 0.1) is 0 Å². The molecule has 96 valence electrons. The van der Waals surface area contributed by atoms with Gasteiger partial charge in [0.2, 0.25) is 0 Å². The van der Waals surface area contributed by atoms with Crippen molar-refractivity contribution in [2.45, 2.75) is 25.7 Å². The van der Waals surface area contributed by atoms with Gasteiger partial charge < -0.3 is 5.32 Å². The topological polar surface area (TPSA) is 29.1 Å². The fraction of sp³-hybridized carbons (Fsp3) is 0.533. The van der Waals surface area contributed by atoms with E-state index in [9.17, 15) is 4.79 Å². The standard InChI is InChI=1S/C15H18BrNO/c16-14-5-3-11(4-6-14)15(18)17-9-13-8-10-1-2-12(13)7-10/h3-6,10,12-13H,1-2,7-9H2,(H,17,18). The van der Waals surface area contributed by atoms with E-state index in [1.807, 2.05) is 24.3 Å². The predicted molar refractivity (Wildman–Crippen MR) is 75.4 cm³/mol. The fourth-order valence-corrected chi connectivity index (χ4v) is 3.82. The van der Waals surface area contributed by atoms with Crippen LogP contribution < -0.4 is 5.32 Å². The summed E-state index contributed by atoms with van der Waals surface area (Å²) in [5.74, 6) is 2.61. The molecule has 2 aliphatic rings. The van der Waals surface area contributed by atoms with Crippen molar-refractivity contribution >= 4 is 21.8 Å². The maximum Gasteiger partial charge on any atom is 0.251 e. The first kappa shape index (κ1) is 12.2. The third kappa shape index (κ3) is 2.46. The van der Waals surface area contributed by atoms with E-state index in [0.717, 1.165) is 34.3 Å². The SMILES string of the molecule is O=C(NCC1CC2CCC1C2)c1ccc(Br)cc1. The van der Waals surface area contributed by atoms with Crippen LogP contribution in [-0.4, -0.2) is 12.5 Å². The van der Waals surface area contributed by atoms with Gasteiger partial charge in [-0.05, 0) is 61.3 Å². The molecule has 1 amide bonds. The molecule has 2 nitrogen and oxygen atoms in total. The lowest BCUT2D eigenvalue weighted by Crippen LogP contribution is -2.31. The number of halogens is 1. The van der Waals surface area contributed by atoms with Crippen LogP contribution in [0.2, 0.25) is 0 Å². The summed E-state index contributed by atoms with van der Waals surface area (Å²) >= 11 is 3.38. The average molecular weight is 308 g/mol. The molecule has 0 aliphatic heterocycles. The van der Waals surface area contributed by atoms with Crippen LogP contribution in [0.25, 0.3) is 0 Å². The van der Waals surface area contributed by atoms with E-state index in [0.29, 0.717) is 0 Å². The predicted octanol–water partition coefficient (Wildman–Crippen LogP) is 3.62. The van der Waals surface area contributed by atoms with Crippen molar-refractivity contribution in [3.63, 3.8) is 0 Å². The lowest BCUT2D eigenvalue weighted by molar-refractivity contribution is 0.0942. The summed E-state index contributed by atoms with van der Waals surface area (Å²) in [6.45, 7) is 0.857. The molecule has 2 fully saturated rings. The molecule has 0 radical (unpaired) electrons. The molecule has 2 bridgehead atoms. The Morgan fingerprint density at radius 1 is 1.22 bits per heavy atom. The lowest BCUT2D eigenvalue weighted by atomic mass is 9.89. The monoisotopic (exact) mass is 307 g/mol. The van der Waals surface area contributed by atoms with Gasteiger partial charge in [0.15, 0.2) is 0 Å². The van der Waals surface area contributed by atoms with Crippen molar-refractivity contribution in [3.8, 4) is 0 Å². The van der Waals surface area contributed by atoms with Crippen LogP contribution in [0.15, 0.2) is 28.7 Å². The second-order valence-electron chi connectivity index (χ2n) is 5.65. The highest BCUT2D eigenvalue weighted by molar-refractivity contribution is 9.10. The van der Waals surface area contributed by atoms with Crippen LogP contribution in [0.5, 0.6) is 0 Å². The molecule has 0 aromatic heterocycles. The first-order valence-electron chi connectivity index (χ1n) is 6.76. The number of hydrogen-bond donors (Lipinski definition) is 1. The van der Waals surface area contributed by atoms with E-state index >= 15 is 0 Å². The molecule has 3 heteroatoms. The van der Waals surface area contributed by atoms with Crippen molar-refractivity contribution in [1.82, 2.24) is 5.32 Å². The minimum Gasteiger partial charge on any atom is -0.352 e. The van der Waals surface area contributed by atoms with Gasteiger partial charge in [-0.2, -0.15) is 0 Å². The third-order valence-corrected chi connectivity index (χ3v) is 5.04. The van der Waals surface area contributed by atoms with Crippen molar-refractivity contribution in [2.75, 3.05) is 6.54 Å². The number of benzene rings is 1. The summed E-state index contributed by atoms with van der Waals surface area (Å²) in [6, 6.07) is 7.54. The smallest absolute Gasteiger partial charge is 0.251 e. The Labute approximate surface area is 116 Å². The van der Waals surface area contributed by atoms with Gasteiger partial charge in [0, 0.05) is 16.6 Å². The summed E-state index contributed by atoms with van der Waals surface area (Å²) in [4.78, 5) is 12.0. The first-order valence-corrected chi connectivity index (χ1v) is 7.55. The summed E-state index contributed by atoms with van der Waals surface area (Å²) in [7, 11) is 0. The molecule has 1 aromatic rings. The highest BCUT2D eigenvalue weighted by Crippen LogP contribution is 2.47. The Bertz CT molecular complexity index is 442. The molecule has 2 aliphatic carbocycles. The number of hydrogen-bond acceptors (Lipinski definition) is 1. The Balaban J connectivity index is 1.54. The molecule has 0 heterocycles. The normalized spacial score (nSPS) is 29.5. The minimum atomic E-state index is 0.0604. The van der Waals surface area contributed by atoms with Gasteiger partial charge in [-0.25, -0.2) is 0 Å². The fourth-order valence-electron chi connectivity index (χ4n) is 3.55. The van der Waals surface area contributed by atoms with E-state index in [2.05, 4.69) is 21.2 Å². The van der Waals surface area contributed by atoms with Crippen LogP contribution in [-0.2, 0) is 0 Å². The molecule has 0 spiro atoms. The van der Waals surface area contributed by atoms with E-state index in [1.165, 1.54) is 25.7 Å². The van der Waals surface area contributed by atoms with E-state index in [1.54, 1.807) is 0 Å². The Kier molecular flexibility index (Phi) is 3.42. The quantitative estimate of drug-likeness (QED) is 0.908. The van der Waals surface area contributed by atoms with Crippen LogP contribution in [0.4, 0.5) is 0 Å². The van der Waals surface area contributed by atoms with Gasteiger partial charge in [-0.3, -0.25) is 4.79 Å². The zero-order valence-corrected chi connectivity index (χ0v) is 11.9. The zero-order chi connectivity index (χ0) is 12.5. The highest BCUT2D eigenvalue weighted by Gasteiger charge is 2.39. The second-order valence-corrected chi connectivity index (χ2v) is 6.57. The van der Waals surface area contributed by atoms with Crippen molar-refractivity contribution in [1.29, 1.82) is 0 Å². The van der Waals surface area contributed by atoms with E-state index in [-0.39, 0.29) is 5.91 Å². The van der Waals surface area contributed by atoms with E-state index in [4.69, 9.17) is 0 Å². The van der Waals surface area contributed by atoms with Crippen LogP contribution in [0, 0.1) is 17.8 Å². The molecule has 3 atom stereocenters. The molecule has 1 N–H and O–H groups in total. The van der Waals surface area contributed by atoms with Gasteiger partial charge in [-0.1, -0.05) is 22.4 Å². The molecule has 2 saturated carbocycles. The molecular weight excluding hydrogens is 290 g/mol. The number of nitrogens with one attached hydrogen (secondary N) is 1. The van der Waals surface area contributed by atoms with Gasteiger partial charge in [0.25, 0.3) is 5.91 Å². The van der Waals surface area contributed by atoms with E-state index < -0.39 is 0 Å². The number of carbonyl (C=O) groups is 1. The van der Waals surface area contributed by atoms with Crippen molar-refractivity contribution in [3.05, 3.63) is 34.3 Å². The zero-order valence-electron chi connectivity index (χ0n) is 10.4. The van der Waals surface area contributed by atoms with Crippen LogP contribution in [0.1, 0.15) is 36.0 Å². The van der Waals surface area contributed by atoms with Crippen LogP contribution in [0.3, 0.4) is 0 Å². The average Bonchev–Trinajstić information content (AvgIpc) is 2.99. The Hall–Kier alpha value is -0.830. The molecule has 3 unspecified atom stereocenters. The van der Waals surface area contributed by atoms with Gasteiger partial charge >= 0.3 is 0 Å². The van der Waals surface area contributed by atoms with Gasteiger partial charge in [-0.15, -0.1) is 0 Å². The molecular formula is C15H18BrNO. The third-order valence-electron chi connectivity index (χ3n) is 4.52. The molecule has 0 saturated heterocycles. The van der Waals surface area contributed by atoms with Crippen LogP contribution >= 0.6 is 15.9 Å². The maximum atomic E-state index is 12.0. The Morgan fingerprint density at radius 2 is 2.00 bits per heavy atom. The first-order chi connectivity index (χ1) is 8.72. The van der Waals surface area contributed by atoms with Gasteiger partial charge in [0.1, 0.15) is 0 Å². The van der Waals surface area contributed by atoms with Crippen molar-refractivity contribution < 1.29 is 4.79 Å². The highest BCUT2D eigenvalue weighted by atomic mass is 79.9. The summed E-state index contributed by atoms with van der Waals surface area (Å²) in [5.41, 5.74) is 0.751. The Morgan fingerprint density at radius 3 is 2.61 bits per heavy atom. The molecule has 18 heavy (non-hydrogen) atoms. The number of rotatable bonds is 3. The largest absolute Gasteiger partial charge is 0.352 e. The second kappa shape index (κ2) is 5.04. The summed E-state index contributed by atoms with van der Waals surface area (Å²) in [5, 5.41) is 3.09. The maximum absolute atomic E-state index is 12.0. The molecule has 1 aromatic carbocycles. The molecule has 3 rings (SSSR count). The lowest BCUT2D eigenvalue weighted by Gasteiger charge is -2.21.